The number of nitrogens with zero attached hydrogens (tertiary/aromatic N) is 2. The van der Waals surface area contributed by atoms with Crippen molar-refractivity contribution in [3.63, 3.8) is 0 Å². The summed E-state index contributed by atoms with van der Waals surface area (Å²) in [4.78, 5) is 17.4. The number of carbonyl (C=O) groups is 1. The van der Waals surface area contributed by atoms with Crippen LogP contribution < -0.4 is 15.0 Å². The van der Waals surface area contributed by atoms with Crippen LogP contribution >= 0.6 is 12.4 Å². The predicted octanol–water partition coefficient (Wildman–Crippen LogP) is 3.54. The fourth-order valence-corrected chi connectivity index (χ4v) is 4.17. The summed E-state index contributed by atoms with van der Waals surface area (Å²) in [6.07, 6.45) is 6.41. The van der Waals surface area contributed by atoms with Crippen molar-refractivity contribution in [2.45, 2.75) is 56.6 Å². The molecular weight excluding hydrogens is 394 g/mol. The number of carbonyl (C=O) groups excluding carboxylic acids is 1. The third-order valence-corrected chi connectivity index (χ3v) is 5.97. The predicted molar refractivity (Wildman–Crippen MR) is 112 cm³/mol. The first-order valence-electron chi connectivity index (χ1n) is 9.99. The number of hydrogen-bond donors (Lipinski definition) is 2. The monoisotopic (exact) mass is 423 g/mol. The van der Waals surface area contributed by atoms with E-state index in [4.69, 9.17) is 21.3 Å². The summed E-state index contributed by atoms with van der Waals surface area (Å²) in [7, 11) is 1.64. The summed E-state index contributed by atoms with van der Waals surface area (Å²) >= 11 is 0. The van der Waals surface area contributed by atoms with Crippen LogP contribution in [0.4, 0.5) is 0 Å². The van der Waals surface area contributed by atoms with Crippen molar-refractivity contribution >= 4 is 18.3 Å². The Morgan fingerprint density at radius 2 is 2.00 bits per heavy atom. The Morgan fingerprint density at radius 1 is 1.31 bits per heavy atom. The molecule has 29 heavy (non-hydrogen) atoms. The van der Waals surface area contributed by atoms with Crippen LogP contribution in [0.3, 0.4) is 0 Å². The molecule has 2 aliphatic rings. The summed E-state index contributed by atoms with van der Waals surface area (Å²) < 4.78 is 11.7. The van der Waals surface area contributed by atoms with Crippen LogP contribution in [-0.2, 0) is 10.3 Å². The van der Waals surface area contributed by atoms with E-state index < -0.39 is 5.54 Å². The van der Waals surface area contributed by atoms with Crippen LogP contribution in [0.1, 0.15) is 50.5 Å². The number of ether oxygens (including phenoxy) is 2. The van der Waals surface area contributed by atoms with E-state index >= 15 is 0 Å². The maximum atomic E-state index is 11.2. The van der Waals surface area contributed by atoms with Gasteiger partial charge in [-0.15, -0.1) is 12.4 Å². The highest BCUT2D eigenvalue weighted by Crippen LogP contribution is 2.41. The molecule has 0 spiro atoms. The minimum Gasteiger partial charge on any atom is -0.493 e. The van der Waals surface area contributed by atoms with E-state index in [0.29, 0.717) is 25.1 Å². The minimum atomic E-state index is -0.574. The van der Waals surface area contributed by atoms with Gasteiger partial charge in [0.2, 0.25) is 5.91 Å². The lowest BCUT2D eigenvalue weighted by Crippen LogP contribution is -2.42. The highest BCUT2D eigenvalue weighted by molar-refractivity contribution is 5.85. The molecule has 1 amide bonds. The van der Waals surface area contributed by atoms with Crippen molar-refractivity contribution < 1.29 is 19.5 Å². The first kappa shape index (κ1) is 23.3. The number of benzene rings is 1. The normalized spacial score (nSPS) is 19.1. The Balaban J connectivity index is 0.00000300. The van der Waals surface area contributed by atoms with Gasteiger partial charge in [0.1, 0.15) is 0 Å². The molecule has 1 aliphatic carbocycles. The van der Waals surface area contributed by atoms with Crippen molar-refractivity contribution in [3.05, 3.63) is 35.2 Å². The average molecular weight is 424 g/mol. The lowest BCUT2D eigenvalue weighted by atomic mass is 9.81. The molecule has 7 nitrogen and oxygen atoms in total. The van der Waals surface area contributed by atoms with Gasteiger partial charge in [0, 0.05) is 44.5 Å². The third-order valence-electron chi connectivity index (χ3n) is 5.97. The molecule has 3 rings (SSSR count). The van der Waals surface area contributed by atoms with E-state index in [0.717, 1.165) is 37.2 Å². The molecule has 0 atom stereocenters. The van der Waals surface area contributed by atoms with Crippen LogP contribution in [-0.4, -0.2) is 48.9 Å². The molecule has 0 bridgehead atoms. The summed E-state index contributed by atoms with van der Waals surface area (Å²) in [5, 5.41) is 8.62. The van der Waals surface area contributed by atoms with Gasteiger partial charge in [0.15, 0.2) is 11.5 Å². The zero-order valence-electron chi connectivity index (χ0n) is 16.9. The molecule has 1 aromatic rings. The van der Waals surface area contributed by atoms with E-state index in [1.807, 2.05) is 18.2 Å². The van der Waals surface area contributed by atoms with Gasteiger partial charge >= 0.3 is 0 Å². The fraction of sp³-hybridized carbons (Fsp3) is 0.619. The van der Waals surface area contributed by atoms with Gasteiger partial charge in [-0.3, -0.25) is 10.0 Å². The number of rotatable bonds is 7. The first-order chi connectivity index (χ1) is 13.6. The second-order valence-corrected chi connectivity index (χ2v) is 7.66. The maximum Gasteiger partial charge on any atom is 0.260 e. The van der Waals surface area contributed by atoms with Crippen LogP contribution in [0.15, 0.2) is 18.2 Å². The Hall–Kier alpha value is -2.01. The molecular formula is C21H30ClN3O4. The molecule has 2 N–H and O–H groups in total. The second kappa shape index (κ2) is 10.7. The minimum absolute atomic E-state index is 0. The number of hydroxylamine groups is 1. The van der Waals surface area contributed by atoms with Crippen molar-refractivity contribution in [2.24, 2.45) is 0 Å². The molecule has 0 aromatic heterocycles. The van der Waals surface area contributed by atoms with E-state index in [-0.39, 0.29) is 30.8 Å². The summed E-state index contributed by atoms with van der Waals surface area (Å²) in [6.45, 7) is 9.95. The van der Waals surface area contributed by atoms with E-state index in [2.05, 4.69) is 9.74 Å². The molecule has 8 heteroatoms. The largest absolute Gasteiger partial charge is 0.493 e. The molecule has 1 heterocycles. The van der Waals surface area contributed by atoms with Crippen molar-refractivity contribution in [3.8, 4) is 11.5 Å². The topological polar surface area (TPSA) is 75.4 Å². The average Bonchev–Trinajstić information content (AvgIpc) is 3.25. The molecule has 1 saturated heterocycles. The third kappa shape index (κ3) is 5.53. The quantitative estimate of drug-likeness (QED) is 0.398. The van der Waals surface area contributed by atoms with E-state index in [9.17, 15) is 4.79 Å². The smallest absolute Gasteiger partial charge is 0.260 e. The first-order valence-corrected chi connectivity index (χ1v) is 9.99. The van der Waals surface area contributed by atoms with Crippen molar-refractivity contribution in [1.29, 1.82) is 0 Å². The van der Waals surface area contributed by atoms with Gasteiger partial charge in [0.25, 0.3) is 5.54 Å². The number of hydrogen-bond acceptors (Lipinski definition) is 5. The van der Waals surface area contributed by atoms with Gasteiger partial charge in [0.05, 0.1) is 13.2 Å². The van der Waals surface area contributed by atoms with Gasteiger partial charge in [-0.25, -0.2) is 12.1 Å². The number of nitrogens with one attached hydrogen (secondary N) is 1. The van der Waals surface area contributed by atoms with Crippen molar-refractivity contribution in [2.75, 3.05) is 26.7 Å². The van der Waals surface area contributed by atoms with E-state index in [1.54, 1.807) is 12.6 Å². The maximum absolute atomic E-state index is 11.2. The highest BCUT2D eigenvalue weighted by Gasteiger charge is 2.43. The number of amides is 1. The van der Waals surface area contributed by atoms with Crippen LogP contribution in [0, 0.1) is 6.57 Å². The standard InChI is InChI=1S/C21H29N3O4.ClH/c1-22-21(10-13-24(14-11-21)12-9-20(25)23-26)16-7-8-18(27-2)19(15-16)28-17-5-3-4-6-17;/h7-8,15,17,26H,3-6,9-14H2,2H3,(H,23,25);1H. The number of piperidine rings is 1. The zero-order chi connectivity index (χ0) is 20.0. The molecule has 1 aromatic carbocycles. The van der Waals surface area contributed by atoms with Gasteiger partial charge < -0.3 is 19.2 Å². The SMILES string of the molecule is Cl.[C-]#[N+]C1(c2ccc(OC)c(OC3CCCC3)c2)CCN(CCC(=O)NO)CC1. The Morgan fingerprint density at radius 3 is 2.59 bits per heavy atom. The number of halogens is 1. The van der Waals surface area contributed by atoms with Crippen LogP contribution in [0.2, 0.25) is 0 Å². The molecule has 2 fully saturated rings. The Kier molecular flexibility index (Phi) is 8.57. The number of likely N-dealkylation sites (tertiary alicyclic amines) is 1. The van der Waals surface area contributed by atoms with Crippen LogP contribution in [0.25, 0.3) is 4.85 Å². The van der Waals surface area contributed by atoms with Crippen molar-refractivity contribution in [1.82, 2.24) is 10.4 Å². The van der Waals surface area contributed by atoms with E-state index in [1.165, 1.54) is 12.8 Å². The zero-order valence-corrected chi connectivity index (χ0v) is 17.7. The van der Waals surface area contributed by atoms with Crippen LogP contribution in [0.5, 0.6) is 11.5 Å². The second-order valence-electron chi connectivity index (χ2n) is 7.66. The van der Waals surface area contributed by atoms with Gasteiger partial charge in [-0.1, -0.05) is 0 Å². The Labute approximate surface area is 178 Å². The summed E-state index contributed by atoms with van der Waals surface area (Å²) in [6, 6.07) is 5.88. The molecule has 1 aliphatic heterocycles. The lowest BCUT2D eigenvalue weighted by molar-refractivity contribution is -0.129. The fourth-order valence-electron chi connectivity index (χ4n) is 4.17. The molecule has 0 radical (unpaired) electrons. The summed E-state index contributed by atoms with van der Waals surface area (Å²) in [5.41, 5.74) is 2.07. The summed E-state index contributed by atoms with van der Waals surface area (Å²) in [5.74, 6) is 1.06. The Bertz CT molecular complexity index is 723. The lowest BCUT2D eigenvalue weighted by Gasteiger charge is -2.34. The van der Waals surface area contributed by atoms with Gasteiger partial charge in [-0.2, -0.15) is 0 Å². The number of methoxy groups -OCH3 is 1. The van der Waals surface area contributed by atoms with Gasteiger partial charge in [-0.05, 0) is 43.9 Å². The molecule has 160 valence electrons. The highest BCUT2D eigenvalue weighted by atomic mass is 35.5. The molecule has 1 saturated carbocycles. The molecule has 0 unspecified atom stereocenters.